The number of halogens is 2. The average Bonchev–Trinajstić information content (AvgIpc) is 3.23. The predicted molar refractivity (Wildman–Crippen MR) is 132 cm³/mol. The van der Waals surface area contributed by atoms with E-state index < -0.39 is 0 Å². The van der Waals surface area contributed by atoms with Crippen molar-refractivity contribution < 1.29 is 14.3 Å². The summed E-state index contributed by atoms with van der Waals surface area (Å²) in [7, 11) is 1.63. The number of nitrogens with one attached hydrogen (secondary N) is 1. The normalized spacial score (nSPS) is 15.9. The van der Waals surface area contributed by atoms with Gasteiger partial charge in [0, 0.05) is 35.7 Å². The van der Waals surface area contributed by atoms with Crippen LogP contribution in [0.2, 0.25) is 10.0 Å². The predicted octanol–water partition coefficient (Wildman–Crippen LogP) is 5.73. The molecule has 0 aliphatic carbocycles. The number of benzene rings is 3. The first-order valence-electron chi connectivity index (χ1n) is 10.9. The Morgan fingerprint density at radius 3 is 2.52 bits per heavy atom. The van der Waals surface area contributed by atoms with Gasteiger partial charge in [0.25, 0.3) is 0 Å². The standard InChI is InChI=1S/C26H26Cl2N2O3/c1-32-24-10-2-3-11-25(24)33-20-7-4-6-18(14-20)16-30-13-12-19(17-30)29-26(31)15-21-22(27)8-5-9-23(21)28/h2-11,14,19H,12-13,15-17H2,1H3,(H,29,31). The summed E-state index contributed by atoms with van der Waals surface area (Å²) in [5, 5.41) is 4.15. The lowest BCUT2D eigenvalue weighted by Gasteiger charge is -2.18. The monoisotopic (exact) mass is 484 g/mol. The third kappa shape index (κ3) is 6.20. The van der Waals surface area contributed by atoms with Crippen LogP contribution in [-0.4, -0.2) is 37.0 Å². The fourth-order valence-corrected chi connectivity index (χ4v) is 4.56. The highest BCUT2D eigenvalue weighted by molar-refractivity contribution is 6.36. The van der Waals surface area contributed by atoms with Gasteiger partial charge in [-0.1, -0.05) is 53.5 Å². The largest absolute Gasteiger partial charge is 0.493 e. The van der Waals surface area contributed by atoms with E-state index in [4.69, 9.17) is 32.7 Å². The molecule has 1 heterocycles. The molecule has 1 aliphatic heterocycles. The number of ether oxygens (including phenoxy) is 2. The first-order valence-corrected chi connectivity index (χ1v) is 11.6. The van der Waals surface area contributed by atoms with E-state index in [9.17, 15) is 4.79 Å². The number of carbonyl (C=O) groups is 1. The van der Waals surface area contributed by atoms with Crippen molar-refractivity contribution in [1.29, 1.82) is 0 Å². The molecular weight excluding hydrogens is 459 g/mol. The Morgan fingerprint density at radius 2 is 1.76 bits per heavy atom. The average molecular weight is 485 g/mol. The molecule has 1 fully saturated rings. The van der Waals surface area contributed by atoms with Gasteiger partial charge < -0.3 is 14.8 Å². The number of hydrogen-bond donors (Lipinski definition) is 1. The van der Waals surface area contributed by atoms with Gasteiger partial charge in [0.15, 0.2) is 11.5 Å². The lowest BCUT2D eigenvalue weighted by molar-refractivity contribution is -0.121. The van der Waals surface area contributed by atoms with Crippen LogP contribution in [0.15, 0.2) is 66.7 Å². The number of rotatable bonds is 8. The fraction of sp³-hybridized carbons (Fsp3) is 0.269. The van der Waals surface area contributed by atoms with Crippen LogP contribution in [0.5, 0.6) is 17.2 Å². The van der Waals surface area contributed by atoms with Gasteiger partial charge in [0.05, 0.1) is 13.5 Å². The van der Waals surface area contributed by atoms with Crippen molar-refractivity contribution in [2.45, 2.75) is 25.4 Å². The molecule has 7 heteroatoms. The van der Waals surface area contributed by atoms with Crippen molar-refractivity contribution in [2.24, 2.45) is 0 Å². The molecule has 0 radical (unpaired) electrons. The SMILES string of the molecule is COc1ccccc1Oc1cccc(CN2CCC(NC(=O)Cc3c(Cl)cccc3Cl)C2)c1. The number of methoxy groups -OCH3 is 1. The van der Waals surface area contributed by atoms with Crippen LogP contribution in [0.25, 0.3) is 0 Å². The van der Waals surface area contributed by atoms with Crippen LogP contribution in [0.3, 0.4) is 0 Å². The van der Waals surface area contributed by atoms with Gasteiger partial charge in [-0.15, -0.1) is 0 Å². The summed E-state index contributed by atoms with van der Waals surface area (Å²) in [6, 6.07) is 21.0. The summed E-state index contributed by atoms with van der Waals surface area (Å²) >= 11 is 12.4. The molecule has 0 bridgehead atoms. The second-order valence-electron chi connectivity index (χ2n) is 8.07. The fourth-order valence-electron chi connectivity index (χ4n) is 4.03. The van der Waals surface area contributed by atoms with Gasteiger partial charge in [-0.25, -0.2) is 0 Å². The van der Waals surface area contributed by atoms with E-state index in [2.05, 4.69) is 16.3 Å². The molecule has 1 N–H and O–H groups in total. The second kappa shape index (κ2) is 10.9. The molecule has 0 aromatic heterocycles. The summed E-state index contributed by atoms with van der Waals surface area (Å²) in [5.74, 6) is 2.07. The van der Waals surface area contributed by atoms with Crippen molar-refractivity contribution in [3.8, 4) is 17.2 Å². The first-order chi connectivity index (χ1) is 16.0. The van der Waals surface area contributed by atoms with Gasteiger partial charge >= 0.3 is 0 Å². The summed E-state index contributed by atoms with van der Waals surface area (Å²) in [4.78, 5) is 14.9. The van der Waals surface area contributed by atoms with E-state index in [-0.39, 0.29) is 18.4 Å². The quantitative estimate of drug-likeness (QED) is 0.443. The van der Waals surface area contributed by atoms with E-state index in [0.717, 1.165) is 37.4 Å². The molecule has 1 saturated heterocycles. The van der Waals surface area contributed by atoms with Crippen LogP contribution in [-0.2, 0) is 17.8 Å². The number of nitrogens with zero attached hydrogens (tertiary/aromatic N) is 1. The molecule has 172 valence electrons. The maximum atomic E-state index is 12.5. The van der Waals surface area contributed by atoms with E-state index >= 15 is 0 Å². The lowest BCUT2D eigenvalue weighted by Crippen LogP contribution is -2.37. The zero-order valence-corrected chi connectivity index (χ0v) is 19.9. The molecule has 1 aliphatic rings. The van der Waals surface area contributed by atoms with Crippen molar-refractivity contribution in [3.63, 3.8) is 0 Å². The Morgan fingerprint density at radius 1 is 1.03 bits per heavy atom. The maximum absolute atomic E-state index is 12.5. The third-order valence-electron chi connectivity index (χ3n) is 5.64. The highest BCUT2D eigenvalue weighted by Crippen LogP contribution is 2.31. The minimum atomic E-state index is -0.0657. The number of hydrogen-bond acceptors (Lipinski definition) is 4. The maximum Gasteiger partial charge on any atom is 0.224 e. The minimum absolute atomic E-state index is 0.0657. The van der Waals surface area contributed by atoms with Gasteiger partial charge in [-0.05, 0) is 53.9 Å². The molecule has 3 aromatic carbocycles. The number of amides is 1. The van der Waals surface area contributed by atoms with Crippen molar-refractivity contribution in [2.75, 3.05) is 20.2 Å². The molecule has 0 saturated carbocycles. The number of likely N-dealkylation sites (tertiary alicyclic amines) is 1. The van der Waals surface area contributed by atoms with Gasteiger partial charge in [-0.3, -0.25) is 9.69 Å². The molecule has 1 unspecified atom stereocenters. The summed E-state index contributed by atoms with van der Waals surface area (Å²) in [6.07, 6.45) is 1.08. The van der Waals surface area contributed by atoms with Crippen LogP contribution >= 0.6 is 23.2 Å². The smallest absolute Gasteiger partial charge is 0.224 e. The summed E-state index contributed by atoms with van der Waals surface area (Å²) in [6.45, 7) is 2.49. The topological polar surface area (TPSA) is 50.8 Å². The van der Waals surface area contributed by atoms with E-state index in [1.54, 1.807) is 25.3 Å². The molecule has 1 amide bonds. The van der Waals surface area contributed by atoms with Crippen LogP contribution in [0.4, 0.5) is 0 Å². The van der Waals surface area contributed by atoms with Crippen LogP contribution < -0.4 is 14.8 Å². The highest BCUT2D eigenvalue weighted by atomic mass is 35.5. The first kappa shape index (κ1) is 23.4. The molecule has 4 rings (SSSR count). The van der Waals surface area contributed by atoms with Gasteiger partial charge in [0.1, 0.15) is 5.75 Å². The van der Waals surface area contributed by atoms with Crippen molar-refractivity contribution >= 4 is 29.1 Å². The Hall–Kier alpha value is -2.73. The molecule has 5 nitrogen and oxygen atoms in total. The highest BCUT2D eigenvalue weighted by Gasteiger charge is 2.24. The number of carbonyl (C=O) groups excluding carboxylic acids is 1. The summed E-state index contributed by atoms with van der Waals surface area (Å²) in [5.41, 5.74) is 1.82. The molecule has 1 atom stereocenters. The third-order valence-corrected chi connectivity index (χ3v) is 6.35. The van der Waals surface area contributed by atoms with Gasteiger partial charge in [-0.2, -0.15) is 0 Å². The molecule has 3 aromatic rings. The Bertz CT molecular complexity index is 1100. The van der Waals surface area contributed by atoms with Gasteiger partial charge in [0.2, 0.25) is 5.91 Å². The molecular formula is C26H26Cl2N2O3. The Balaban J connectivity index is 1.31. The molecule has 33 heavy (non-hydrogen) atoms. The Kier molecular flexibility index (Phi) is 7.76. The van der Waals surface area contributed by atoms with E-state index in [0.29, 0.717) is 27.1 Å². The van der Waals surface area contributed by atoms with E-state index in [1.165, 1.54) is 0 Å². The van der Waals surface area contributed by atoms with Crippen molar-refractivity contribution in [1.82, 2.24) is 10.2 Å². The zero-order valence-electron chi connectivity index (χ0n) is 18.4. The van der Waals surface area contributed by atoms with E-state index in [1.807, 2.05) is 42.5 Å². The van der Waals surface area contributed by atoms with Crippen molar-refractivity contribution in [3.05, 3.63) is 87.9 Å². The zero-order chi connectivity index (χ0) is 23.2. The lowest BCUT2D eigenvalue weighted by atomic mass is 10.1. The Labute approximate surface area is 204 Å². The minimum Gasteiger partial charge on any atom is -0.493 e. The van der Waals surface area contributed by atoms with Crippen LogP contribution in [0, 0.1) is 0 Å². The second-order valence-corrected chi connectivity index (χ2v) is 8.88. The number of para-hydroxylation sites is 2. The summed E-state index contributed by atoms with van der Waals surface area (Å²) < 4.78 is 11.4. The van der Waals surface area contributed by atoms with Crippen LogP contribution in [0.1, 0.15) is 17.5 Å². The molecule has 0 spiro atoms.